The van der Waals surface area contributed by atoms with Gasteiger partial charge in [0.2, 0.25) is 0 Å². The topological polar surface area (TPSA) is 15.3 Å². The zero-order chi connectivity index (χ0) is 13.8. The summed E-state index contributed by atoms with van der Waals surface area (Å²) in [5.74, 6) is -0.140. The van der Waals surface area contributed by atoms with Crippen LogP contribution >= 0.6 is 0 Å². The van der Waals surface area contributed by atoms with E-state index >= 15 is 0 Å². The van der Waals surface area contributed by atoms with Gasteiger partial charge in [-0.05, 0) is 24.1 Å². The van der Waals surface area contributed by atoms with Crippen LogP contribution in [0.5, 0.6) is 0 Å². The van der Waals surface area contributed by atoms with E-state index in [0.29, 0.717) is 24.1 Å². The number of hydrogen-bond donors (Lipinski definition) is 1. The Bertz CT molecular complexity index is 423. The summed E-state index contributed by atoms with van der Waals surface area (Å²) in [4.78, 5) is 2.27. The minimum atomic E-state index is -0.369. The van der Waals surface area contributed by atoms with Crippen molar-refractivity contribution in [2.75, 3.05) is 19.6 Å². The lowest BCUT2D eigenvalue weighted by Gasteiger charge is -2.39. The van der Waals surface area contributed by atoms with Gasteiger partial charge in [0.15, 0.2) is 0 Å². The Hall–Kier alpha value is -1.00. The van der Waals surface area contributed by atoms with Crippen LogP contribution in [0.4, 0.5) is 8.78 Å². The van der Waals surface area contributed by atoms with E-state index in [-0.39, 0.29) is 11.6 Å². The van der Waals surface area contributed by atoms with Crippen LogP contribution in [0.1, 0.15) is 25.8 Å². The fourth-order valence-corrected chi connectivity index (χ4v) is 2.68. The molecule has 106 valence electrons. The first-order valence-corrected chi connectivity index (χ1v) is 7.00. The van der Waals surface area contributed by atoms with Crippen LogP contribution in [0.3, 0.4) is 0 Å². The Morgan fingerprint density at radius 2 is 2.21 bits per heavy atom. The van der Waals surface area contributed by atoms with Crippen molar-refractivity contribution in [3.05, 3.63) is 35.4 Å². The Morgan fingerprint density at radius 1 is 1.42 bits per heavy atom. The number of rotatable bonds is 4. The Labute approximate surface area is 113 Å². The molecule has 1 fully saturated rings. The quantitative estimate of drug-likeness (QED) is 0.903. The van der Waals surface area contributed by atoms with Gasteiger partial charge in [-0.15, -0.1) is 0 Å². The summed E-state index contributed by atoms with van der Waals surface area (Å²) in [6.07, 6.45) is 1.09. The van der Waals surface area contributed by atoms with Gasteiger partial charge in [0.25, 0.3) is 0 Å². The van der Waals surface area contributed by atoms with Crippen molar-refractivity contribution < 1.29 is 8.78 Å². The molecule has 19 heavy (non-hydrogen) atoms. The van der Waals surface area contributed by atoms with E-state index in [2.05, 4.69) is 24.1 Å². The number of benzene rings is 1. The molecule has 0 aromatic heterocycles. The maximum atomic E-state index is 13.7. The molecule has 4 heteroatoms. The SMILES string of the molecule is CCC(C)C1CNCCN1Cc1cc(F)ccc1F. The third-order valence-electron chi connectivity index (χ3n) is 4.08. The number of nitrogens with one attached hydrogen (secondary N) is 1. The second kappa shape index (κ2) is 6.44. The van der Waals surface area contributed by atoms with Gasteiger partial charge in [0.1, 0.15) is 11.6 Å². The predicted molar refractivity (Wildman–Crippen MR) is 72.9 cm³/mol. The fraction of sp³-hybridized carbons (Fsp3) is 0.600. The van der Waals surface area contributed by atoms with Crippen molar-refractivity contribution in [2.45, 2.75) is 32.9 Å². The third kappa shape index (κ3) is 3.51. The summed E-state index contributed by atoms with van der Waals surface area (Å²) in [6.45, 7) is 7.58. The molecule has 0 saturated carbocycles. The molecule has 0 spiro atoms. The van der Waals surface area contributed by atoms with Crippen molar-refractivity contribution in [2.24, 2.45) is 5.92 Å². The molecule has 0 radical (unpaired) electrons. The smallest absolute Gasteiger partial charge is 0.127 e. The molecule has 1 aliphatic heterocycles. The zero-order valence-corrected chi connectivity index (χ0v) is 11.6. The second-order valence-corrected chi connectivity index (χ2v) is 5.36. The average Bonchev–Trinajstić information content (AvgIpc) is 2.42. The van der Waals surface area contributed by atoms with Crippen molar-refractivity contribution >= 4 is 0 Å². The highest BCUT2D eigenvalue weighted by Gasteiger charge is 2.26. The standard InChI is InChI=1S/C15H22F2N2/c1-3-11(2)15-9-18-6-7-19(15)10-12-8-13(16)4-5-14(12)17/h4-5,8,11,15,18H,3,6-7,9-10H2,1-2H3. The highest BCUT2D eigenvalue weighted by atomic mass is 19.1. The Kier molecular flexibility index (Phi) is 4.88. The molecule has 1 aliphatic rings. The third-order valence-corrected chi connectivity index (χ3v) is 4.08. The lowest BCUT2D eigenvalue weighted by atomic mass is 9.95. The van der Waals surface area contributed by atoms with E-state index in [1.807, 2.05) is 0 Å². The molecule has 0 amide bonds. The lowest BCUT2D eigenvalue weighted by molar-refractivity contribution is 0.107. The van der Waals surface area contributed by atoms with Crippen molar-refractivity contribution in [3.8, 4) is 0 Å². The predicted octanol–water partition coefficient (Wildman–Crippen LogP) is 2.78. The summed E-state index contributed by atoms with van der Waals surface area (Å²) >= 11 is 0. The molecule has 1 saturated heterocycles. The van der Waals surface area contributed by atoms with Gasteiger partial charge in [0, 0.05) is 37.8 Å². The minimum absolute atomic E-state index is 0.317. The van der Waals surface area contributed by atoms with Crippen LogP contribution < -0.4 is 5.32 Å². The van der Waals surface area contributed by atoms with Gasteiger partial charge in [-0.25, -0.2) is 8.78 Å². The molecule has 2 nitrogen and oxygen atoms in total. The van der Waals surface area contributed by atoms with E-state index in [1.54, 1.807) is 0 Å². The molecule has 1 N–H and O–H groups in total. The highest BCUT2D eigenvalue weighted by molar-refractivity contribution is 5.19. The van der Waals surface area contributed by atoms with Crippen molar-refractivity contribution in [3.63, 3.8) is 0 Å². The monoisotopic (exact) mass is 268 g/mol. The molecule has 1 aromatic carbocycles. The molecule has 2 unspecified atom stereocenters. The molecule has 0 bridgehead atoms. The number of piperazine rings is 1. The molecule has 2 atom stereocenters. The minimum Gasteiger partial charge on any atom is -0.314 e. The van der Waals surface area contributed by atoms with Crippen LogP contribution in [-0.2, 0) is 6.54 Å². The van der Waals surface area contributed by atoms with E-state index in [4.69, 9.17) is 0 Å². The maximum absolute atomic E-state index is 13.7. The zero-order valence-electron chi connectivity index (χ0n) is 11.6. The van der Waals surface area contributed by atoms with Crippen LogP contribution in [0, 0.1) is 17.6 Å². The summed E-state index contributed by atoms with van der Waals surface area (Å²) < 4.78 is 27.0. The maximum Gasteiger partial charge on any atom is 0.127 e. The van der Waals surface area contributed by atoms with E-state index in [0.717, 1.165) is 26.1 Å². The van der Waals surface area contributed by atoms with Crippen LogP contribution in [0.2, 0.25) is 0 Å². The first kappa shape index (κ1) is 14.4. The van der Waals surface area contributed by atoms with Crippen LogP contribution in [0.25, 0.3) is 0 Å². The van der Waals surface area contributed by atoms with Gasteiger partial charge >= 0.3 is 0 Å². The van der Waals surface area contributed by atoms with Gasteiger partial charge in [0.05, 0.1) is 0 Å². The summed E-state index contributed by atoms with van der Waals surface area (Å²) in [6, 6.07) is 4.08. The van der Waals surface area contributed by atoms with E-state index < -0.39 is 0 Å². The summed E-state index contributed by atoms with van der Waals surface area (Å²) in [5.41, 5.74) is 0.454. The number of nitrogens with zero attached hydrogens (tertiary/aromatic N) is 1. The number of hydrogen-bond acceptors (Lipinski definition) is 2. The molecular formula is C15H22F2N2. The van der Waals surface area contributed by atoms with Crippen LogP contribution in [0.15, 0.2) is 18.2 Å². The summed E-state index contributed by atoms with van der Waals surface area (Å²) in [5, 5.41) is 3.38. The lowest BCUT2D eigenvalue weighted by Crippen LogP contribution is -2.53. The molecule has 0 aliphatic carbocycles. The number of halogens is 2. The Balaban J connectivity index is 2.12. The molecule has 1 heterocycles. The largest absolute Gasteiger partial charge is 0.314 e. The first-order valence-electron chi connectivity index (χ1n) is 7.00. The van der Waals surface area contributed by atoms with E-state index in [9.17, 15) is 8.78 Å². The van der Waals surface area contributed by atoms with Crippen molar-refractivity contribution in [1.82, 2.24) is 10.2 Å². The van der Waals surface area contributed by atoms with Gasteiger partial charge in [-0.2, -0.15) is 0 Å². The van der Waals surface area contributed by atoms with Gasteiger partial charge < -0.3 is 5.32 Å². The van der Waals surface area contributed by atoms with Gasteiger partial charge in [-0.3, -0.25) is 4.90 Å². The molecule has 2 rings (SSSR count). The van der Waals surface area contributed by atoms with E-state index in [1.165, 1.54) is 18.2 Å². The van der Waals surface area contributed by atoms with Crippen molar-refractivity contribution in [1.29, 1.82) is 0 Å². The summed E-state index contributed by atoms with van der Waals surface area (Å²) in [7, 11) is 0. The highest BCUT2D eigenvalue weighted by Crippen LogP contribution is 2.20. The normalized spacial score (nSPS) is 22.4. The second-order valence-electron chi connectivity index (χ2n) is 5.36. The van der Waals surface area contributed by atoms with Gasteiger partial charge in [-0.1, -0.05) is 20.3 Å². The molecular weight excluding hydrogens is 246 g/mol. The first-order chi connectivity index (χ1) is 9.11. The average molecular weight is 268 g/mol. The fourth-order valence-electron chi connectivity index (χ4n) is 2.68. The van der Waals surface area contributed by atoms with Crippen LogP contribution in [-0.4, -0.2) is 30.6 Å². The Morgan fingerprint density at radius 3 is 2.95 bits per heavy atom. The molecule has 1 aromatic rings.